The highest BCUT2D eigenvalue weighted by atomic mass is 16.7. The second-order valence-corrected chi connectivity index (χ2v) is 6.40. The van der Waals surface area contributed by atoms with Gasteiger partial charge in [0.15, 0.2) is 0 Å². The van der Waals surface area contributed by atoms with E-state index in [0.717, 1.165) is 16.8 Å². The summed E-state index contributed by atoms with van der Waals surface area (Å²) in [6.45, 7) is 0.456. The van der Waals surface area contributed by atoms with Gasteiger partial charge in [-0.3, -0.25) is 4.79 Å². The first-order valence-electron chi connectivity index (χ1n) is 8.91. The number of hydrogen-bond acceptors (Lipinski definition) is 6. The molecule has 0 bridgehead atoms. The molecule has 0 radical (unpaired) electrons. The number of carbonyl (C=O) groups is 2. The summed E-state index contributed by atoms with van der Waals surface area (Å²) < 4.78 is 11.3. The SMILES string of the molecule is O=C1NOC(=O)C1Cc1ccc(OCCc2coc(-c3ccccc3)n2)cc1. The molecule has 28 heavy (non-hydrogen) atoms. The van der Waals surface area contributed by atoms with E-state index < -0.39 is 17.8 Å². The highest BCUT2D eigenvalue weighted by Gasteiger charge is 2.35. The quantitative estimate of drug-likeness (QED) is 0.636. The number of hydroxylamine groups is 1. The minimum atomic E-state index is -0.794. The second-order valence-electron chi connectivity index (χ2n) is 6.40. The molecule has 1 N–H and O–H groups in total. The molecule has 2 heterocycles. The van der Waals surface area contributed by atoms with Gasteiger partial charge in [0.05, 0.1) is 12.3 Å². The van der Waals surface area contributed by atoms with E-state index in [-0.39, 0.29) is 0 Å². The molecule has 1 saturated heterocycles. The van der Waals surface area contributed by atoms with Gasteiger partial charge in [-0.2, -0.15) is 5.48 Å². The molecule has 7 nitrogen and oxygen atoms in total. The van der Waals surface area contributed by atoms with Crippen LogP contribution in [0.25, 0.3) is 11.5 Å². The number of oxazole rings is 1. The average Bonchev–Trinajstić information content (AvgIpc) is 3.32. The smallest absolute Gasteiger partial charge is 0.345 e. The van der Waals surface area contributed by atoms with Crippen molar-refractivity contribution in [3.8, 4) is 17.2 Å². The van der Waals surface area contributed by atoms with Gasteiger partial charge in [-0.1, -0.05) is 30.3 Å². The summed E-state index contributed by atoms with van der Waals surface area (Å²) in [5.74, 6) is -0.457. The summed E-state index contributed by atoms with van der Waals surface area (Å²) in [6.07, 6.45) is 2.55. The van der Waals surface area contributed by atoms with Crippen LogP contribution in [0.1, 0.15) is 11.3 Å². The van der Waals surface area contributed by atoms with Crippen LogP contribution in [0.3, 0.4) is 0 Å². The fourth-order valence-corrected chi connectivity index (χ4v) is 2.89. The van der Waals surface area contributed by atoms with E-state index in [1.54, 1.807) is 6.26 Å². The van der Waals surface area contributed by atoms with Crippen LogP contribution in [0, 0.1) is 5.92 Å². The number of nitrogens with one attached hydrogen (secondary N) is 1. The molecule has 0 saturated carbocycles. The summed E-state index contributed by atoms with van der Waals surface area (Å²) in [7, 11) is 0. The number of benzene rings is 2. The van der Waals surface area contributed by atoms with E-state index in [1.807, 2.05) is 54.6 Å². The molecule has 2 aromatic carbocycles. The third-order valence-corrected chi connectivity index (χ3v) is 4.42. The standard InChI is InChI=1S/C21H18N2O5/c24-19-18(21(25)28-23-19)12-14-6-8-17(9-7-14)26-11-10-16-13-27-20(22-16)15-4-2-1-3-5-15/h1-9,13,18H,10-12H2,(H,23,24). The third-order valence-electron chi connectivity index (χ3n) is 4.42. The van der Waals surface area contributed by atoms with Crippen molar-refractivity contribution in [2.24, 2.45) is 5.92 Å². The number of carbonyl (C=O) groups excluding carboxylic acids is 2. The Balaban J connectivity index is 1.28. The number of rotatable bonds is 7. The average molecular weight is 378 g/mol. The largest absolute Gasteiger partial charge is 0.493 e. The lowest BCUT2D eigenvalue weighted by Gasteiger charge is -2.07. The summed E-state index contributed by atoms with van der Waals surface area (Å²) in [6, 6.07) is 17.0. The number of hydrogen-bond donors (Lipinski definition) is 1. The van der Waals surface area contributed by atoms with Crippen molar-refractivity contribution in [2.75, 3.05) is 6.61 Å². The maximum atomic E-state index is 11.5. The Morgan fingerprint density at radius 3 is 2.54 bits per heavy atom. The first-order valence-corrected chi connectivity index (χ1v) is 8.91. The molecule has 0 spiro atoms. The van der Waals surface area contributed by atoms with E-state index in [4.69, 9.17) is 9.15 Å². The summed E-state index contributed by atoms with van der Waals surface area (Å²) in [5.41, 5.74) is 4.69. The number of amides is 1. The molecule has 0 aliphatic carbocycles. The number of nitrogens with zero attached hydrogens (tertiary/aromatic N) is 1. The Kier molecular flexibility index (Phi) is 5.05. The highest BCUT2D eigenvalue weighted by Crippen LogP contribution is 2.20. The van der Waals surface area contributed by atoms with E-state index >= 15 is 0 Å². The molecule has 4 rings (SSSR count). The minimum Gasteiger partial charge on any atom is -0.493 e. The van der Waals surface area contributed by atoms with Crippen LogP contribution in [0.2, 0.25) is 0 Å². The molecule has 1 unspecified atom stereocenters. The van der Waals surface area contributed by atoms with E-state index in [1.165, 1.54) is 0 Å². The molecule has 1 aromatic heterocycles. The van der Waals surface area contributed by atoms with Crippen molar-refractivity contribution in [3.05, 3.63) is 72.1 Å². The Bertz CT molecular complexity index is 950. The predicted molar refractivity (Wildman–Crippen MR) is 99.0 cm³/mol. The van der Waals surface area contributed by atoms with Crippen LogP contribution in [0.4, 0.5) is 0 Å². The predicted octanol–water partition coefficient (Wildman–Crippen LogP) is 2.71. The van der Waals surface area contributed by atoms with Crippen LogP contribution in [-0.2, 0) is 27.3 Å². The fourth-order valence-electron chi connectivity index (χ4n) is 2.89. The molecule has 3 aromatic rings. The molecular weight excluding hydrogens is 360 g/mol. The van der Waals surface area contributed by atoms with Crippen LogP contribution in [0.5, 0.6) is 5.75 Å². The normalized spacial score (nSPS) is 15.9. The Morgan fingerprint density at radius 2 is 1.82 bits per heavy atom. The third kappa shape index (κ3) is 4.03. The maximum absolute atomic E-state index is 11.5. The molecule has 7 heteroatoms. The van der Waals surface area contributed by atoms with Gasteiger partial charge in [0, 0.05) is 12.0 Å². The zero-order valence-electron chi connectivity index (χ0n) is 15.0. The van der Waals surface area contributed by atoms with Crippen LogP contribution < -0.4 is 10.2 Å². The van der Waals surface area contributed by atoms with Gasteiger partial charge >= 0.3 is 5.97 Å². The van der Waals surface area contributed by atoms with Gasteiger partial charge in [0.1, 0.15) is 17.9 Å². The van der Waals surface area contributed by atoms with Crippen molar-refractivity contribution in [1.29, 1.82) is 0 Å². The molecule has 1 aliphatic rings. The summed E-state index contributed by atoms with van der Waals surface area (Å²) >= 11 is 0. The fraction of sp³-hybridized carbons (Fsp3) is 0.190. The molecule has 1 aliphatic heterocycles. The zero-order valence-corrected chi connectivity index (χ0v) is 15.0. The van der Waals surface area contributed by atoms with Crippen molar-refractivity contribution in [3.63, 3.8) is 0 Å². The van der Waals surface area contributed by atoms with Gasteiger partial charge in [-0.05, 0) is 36.2 Å². The maximum Gasteiger partial charge on any atom is 0.345 e. The lowest BCUT2D eigenvalue weighted by atomic mass is 9.99. The first kappa shape index (κ1) is 17.8. The Labute approximate surface area is 161 Å². The Morgan fingerprint density at radius 1 is 1.04 bits per heavy atom. The molecule has 1 atom stereocenters. The van der Waals surface area contributed by atoms with Crippen molar-refractivity contribution >= 4 is 11.9 Å². The molecule has 1 amide bonds. The van der Waals surface area contributed by atoms with Crippen LogP contribution in [0.15, 0.2) is 65.3 Å². The first-order chi connectivity index (χ1) is 13.7. The van der Waals surface area contributed by atoms with E-state index in [9.17, 15) is 9.59 Å². The monoisotopic (exact) mass is 378 g/mol. The van der Waals surface area contributed by atoms with Crippen LogP contribution in [-0.4, -0.2) is 23.5 Å². The van der Waals surface area contributed by atoms with Crippen molar-refractivity contribution in [1.82, 2.24) is 10.5 Å². The molecule has 142 valence electrons. The van der Waals surface area contributed by atoms with E-state index in [2.05, 4.69) is 15.3 Å². The highest BCUT2D eigenvalue weighted by molar-refractivity contribution is 6.01. The lowest BCUT2D eigenvalue weighted by Crippen LogP contribution is -2.21. The van der Waals surface area contributed by atoms with Gasteiger partial charge in [0.25, 0.3) is 5.91 Å². The lowest BCUT2D eigenvalue weighted by molar-refractivity contribution is -0.146. The second kappa shape index (κ2) is 7.96. The number of aromatic nitrogens is 1. The van der Waals surface area contributed by atoms with Gasteiger partial charge in [-0.25, -0.2) is 9.78 Å². The van der Waals surface area contributed by atoms with Crippen molar-refractivity contribution < 1.29 is 23.6 Å². The van der Waals surface area contributed by atoms with E-state index in [0.29, 0.717) is 31.1 Å². The summed E-state index contributed by atoms with van der Waals surface area (Å²) in [5, 5.41) is 0. The van der Waals surface area contributed by atoms with Gasteiger partial charge in [0.2, 0.25) is 5.89 Å². The minimum absolute atomic E-state index is 0.298. The van der Waals surface area contributed by atoms with Gasteiger partial charge in [-0.15, -0.1) is 0 Å². The molecule has 1 fully saturated rings. The molecular formula is C21H18N2O5. The number of ether oxygens (including phenoxy) is 1. The topological polar surface area (TPSA) is 90.7 Å². The van der Waals surface area contributed by atoms with Crippen molar-refractivity contribution in [2.45, 2.75) is 12.8 Å². The van der Waals surface area contributed by atoms with Gasteiger partial charge < -0.3 is 14.0 Å². The zero-order chi connectivity index (χ0) is 19.3. The summed E-state index contributed by atoms with van der Waals surface area (Å²) in [4.78, 5) is 32.0. The van der Waals surface area contributed by atoms with Crippen LogP contribution >= 0.6 is 0 Å². The Hall–Kier alpha value is -3.61.